The first kappa shape index (κ1) is 9.52. The van der Waals surface area contributed by atoms with Crippen LogP contribution in [0.5, 0.6) is 0 Å². The highest BCUT2D eigenvalue weighted by Gasteiger charge is 2.02. The van der Waals surface area contributed by atoms with E-state index >= 15 is 0 Å². The number of hydrogen-bond donors (Lipinski definition) is 0. The molecule has 15 heavy (non-hydrogen) atoms. The van der Waals surface area contributed by atoms with Crippen molar-refractivity contribution in [2.75, 3.05) is 0 Å². The van der Waals surface area contributed by atoms with Crippen LogP contribution in [0.4, 0.5) is 0 Å². The first-order valence-electron chi connectivity index (χ1n) is 4.63. The monoisotopic (exact) mass is 198 g/mol. The minimum absolute atomic E-state index is 0.489. The Morgan fingerprint density at radius 1 is 1.27 bits per heavy atom. The number of aldehydes is 1. The molecule has 0 amide bonds. The van der Waals surface area contributed by atoms with Crippen LogP contribution in [-0.4, -0.2) is 16.3 Å². The molecule has 2 aromatic rings. The molecule has 0 aromatic carbocycles. The molecule has 74 valence electrons. The van der Waals surface area contributed by atoms with Crippen LogP contribution in [0, 0.1) is 6.92 Å². The molecular formula is C12H10N2O. The van der Waals surface area contributed by atoms with E-state index in [1.807, 2.05) is 25.1 Å². The lowest BCUT2D eigenvalue weighted by atomic mass is 10.1. The predicted molar refractivity (Wildman–Crippen MR) is 57.6 cm³/mol. The Hall–Kier alpha value is -2.03. The number of nitrogens with zero attached hydrogens (tertiary/aromatic N) is 2. The maximum Gasteiger partial charge on any atom is 0.168 e. The standard InChI is InChI=1S/C12H10N2O/c1-9-5-11(7-14-12(9)8-15)10-3-2-4-13-6-10/h2-8H,1H3. The second-order valence-electron chi connectivity index (χ2n) is 3.29. The summed E-state index contributed by atoms with van der Waals surface area (Å²) in [6.45, 7) is 1.87. The van der Waals surface area contributed by atoms with Crippen LogP contribution in [0.2, 0.25) is 0 Å². The smallest absolute Gasteiger partial charge is 0.168 e. The third-order valence-electron chi connectivity index (χ3n) is 2.23. The van der Waals surface area contributed by atoms with E-state index < -0.39 is 0 Å². The SMILES string of the molecule is Cc1cc(-c2cccnc2)cnc1C=O. The highest BCUT2D eigenvalue weighted by atomic mass is 16.1. The number of hydrogen-bond acceptors (Lipinski definition) is 3. The van der Waals surface area contributed by atoms with E-state index in [-0.39, 0.29) is 0 Å². The lowest BCUT2D eigenvalue weighted by molar-refractivity contribution is 0.111. The molecule has 0 spiro atoms. The van der Waals surface area contributed by atoms with Gasteiger partial charge in [-0.2, -0.15) is 0 Å². The van der Waals surface area contributed by atoms with Gasteiger partial charge in [0.05, 0.1) is 0 Å². The molecule has 2 rings (SSSR count). The molecule has 0 atom stereocenters. The van der Waals surface area contributed by atoms with E-state index in [0.717, 1.165) is 23.0 Å². The summed E-state index contributed by atoms with van der Waals surface area (Å²) in [5, 5.41) is 0. The van der Waals surface area contributed by atoms with Crippen molar-refractivity contribution in [3.63, 3.8) is 0 Å². The summed E-state index contributed by atoms with van der Waals surface area (Å²) in [5.41, 5.74) is 3.35. The summed E-state index contributed by atoms with van der Waals surface area (Å²) in [6, 6.07) is 5.77. The highest BCUT2D eigenvalue weighted by Crippen LogP contribution is 2.18. The Morgan fingerprint density at radius 2 is 2.13 bits per heavy atom. The van der Waals surface area contributed by atoms with Gasteiger partial charge in [-0.3, -0.25) is 14.8 Å². The summed E-state index contributed by atoms with van der Waals surface area (Å²) in [4.78, 5) is 18.7. The zero-order chi connectivity index (χ0) is 10.7. The Balaban J connectivity index is 2.47. The maximum atomic E-state index is 10.6. The van der Waals surface area contributed by atoms with Crippen LogP contribution in [-0.2, 0) is 0 Å². The second-order valence-corrected chi connectivity index (χ2v) is 3.29. The molecule has 0 aliphatic carbocycles. The number of aromatic nitrogens is 2. The number of pyridine rings is 2. The van der Waals surface area contributed by atoms with Crippen molar-refractivity contribution in [1.29, 1.82) is 0 Å². The average Bonchev–Trinajstić information content (AvgIpc) is 2.30. The summed E-state index contributed by atoms with van der Waals surface area (Å²) in [7, 11) is 0. The lowest BCUT2D eigenvalue weighted by Crippen LogP contribution is -1.92. The van der Waals surface area contributed by atoms with Crippen molar-refractivity contribution in [3.05, 3.63) is 48.0 Å². The Morgan fingerprint density at radius 3 is 2.73 bits per heavy atom. The normalized spacial score (nSPS) is 9.93. The van der Waals surface area contributed by atoms with Gasteiger partial charge in [0.15, 0.2) is 6.29 Å². The fraction of sp³-hybridized carbons (Fsp3) is 0.0833. The second kappa shape index (κ2) is 4.00. The van der Waals surface area contributed by atoms with Gasteiger partial charge in [-0.25, -0.2) is 0 Å². The van der Waals surface area contributed by atoms with Crippen molar-refractivity contribution in [2.45, 2.75) is 6.92 Å². The van der Waals surface area contributed by atoms with Crippen LogP contribution < -0.4 is 0 Å². The number of rotatable bonds is 2. The number of carbonyl (C=O) groups excluding carboxylic acids is 1. The molecular weight excluding hydrogens is 188 g/mol. The topological polar surface area (TPSA) is 42.9 Å². The predicted octanol–water partition coefficient (Wildman–Crippen LogP) is 2.26. The van der Waals surface area contributed by atoms with E-state index in [2.05, 4.69) is 9.97 Å². The fourth-order valence-corrected chi connectivity index (χ4v) is 1.40. The van der Waals surface area contributed by atoms with Gasteiger partial charge < -0.3 is 0 Å². The highest BCUT2D eigenvalue weighted by molar-refractivity contribution is 5.76. The van der Waals surface area contributed by atoms with Gasteiger partial charge in [0, 0.05) is 29.7 Å². The molecule has 0 aliphatic heterocycles. The molecule has 0 N–H and O–H groups in total. The Kier molecular flexibility index (Phi) is 2.54. The molecule has 3 heteroatoms. The van der Waals surface area contributed by atoms with Crippen LogP contribution in [0.15, 0.2) is 36.8 Å². The quantitative estimate of drug-likeness (QED) is 0.695. The zero-order valence-corrected chi connectivity index (χ0v) is 8.34. The Bertz CT molecular complexity index is 480. The van der Waals surface area contributed by atoms with Crippen molar-refractivity contribution in [2.24, 2.45) is 0 Å². The van der Waals surface area contributed by atoms with E-state index in [0.29, 0.717) is 5.69 Å². The van der Waals surface area contributed by atoms with Gasteiger partial charge in [-0.05, 0) is 24.6 Å². The molecule has 3 nitrogen and oxygen atoms in total. The van der Waals surface area contributed by atoms with Crippen molar-refractivity contribution in [1.82, 2.24) is 9.97 Å². The lowest BCUT2D eigenvalue weighted by Gasteiger charge is -2.02. The fourth-order valence-electron chi connectivity index (χ4n) is 1.40. The van der Waals surface area contributed by atoms with Gasteiger partial charge >= 0.3 is 0 Å². The van der Waals surface area contributed by atoms with E-state index in [9.17, 15) is 4.79 Å². The first-order chi connectivity index (χ1) is 7.31. The van der Waals surface area contributed by atoms with Gasteiger partial charge in [0.2, 0.25) is 0 Å². The molecule has 2 heterocycles. The van der Waals surface area contributed by atoms with Crippen molar-refractivity contribution in [3.8, 4) is 11.1 Å². The largest absolute Gasteiger partial charge is 0.296 e. The third-order valence-corrected chi connectivity index (χ3v) is 2.23. The molecule has 2 aromatic heterocycles. The van der Waals surface area contributed by atoms with Crippen LogP contribution in [0.25, 0.3) is 11.1 Å². The zero-order valence-electron chi connectivity index (χ0n) is 8.34. The molecule has 0 saturated carbocycles. The summed E-state index contributed by atoms with van der Waals surface area (Å²) in [6.07, 6.45) is 5.96. The first-order valence-corrected chi connectivity index (χ1v) is 4.63. The van der Waals surface area contributed by atoms with Crippen LogP contribution in [0.3, 0.4) is 0 Å². The molecule has 0 unspecified atom stereocenters. The maximum absolute atomic E-state index is 10.6. The molecule has 0 bridgehead atoms. The van der Waals surface area contributed by atoms with E-state index in [1.54, 1.807) is 18.6 Å². The van der Waals surface area contributed by atoms with Gasteiger partial charge in [0.1, 0.15) is 5.69 Å². The minimum Gasteiger partial charge on any atom is -0.296 e. The average molecular weight is 198 g/mol. The summed E-state index contributed by atoms with van der Waals surface area (Å²) >= 11 is 0. The summed E-state index contributed by atoms with van der Waals surface area (Å²) in [5.74, 6) is 0. The van der Waals surface area contributed by atoms with E-state index in [1.165, 1.54) is 0 Å². The Labute approximate surface area is 87.8 Å². The molecule has 0 radical (unpaired) electrons. The van der Waals surface area contributed by atoms with Crippen LogP contribution >= 0.6 is 0 Å². The minimum atomic E-state index is 0.489. The van der Waals surface area contributed by atoms with Gasteiger partial charge in [-0.15, -0.1) is 0 Å². The summed E-state index contributed by atoms with van der Waals surface area (Å²) < 4.78 is 0. The van der Waals surface area contributed by atoms with Crippen LogP contribution in [0.1, 0.15) is 16.1 Å². The number of carbonyl (C=O) groups is 1. The molecule has 0 saturated heterocycles. The molecule has 0 fully saturated rings. The van der Waals surface area contributed by atoms with Gasteiger partial charge in [0.25, 0.3) is 0 Å². The third kappa shape index (κ3) is 1.91. The van der Waals surface area contributed by atoms with Crippen molar-refractivity contribution < 1.29 is 4.79 Å². The number of aryl methyl sites for hydroxylation is 1. The van der Waals surface area contributed by atoms with E-state index in [4.69, 9.17) is 0 Å². The van der Waals surface area contributed by atoms with Gasteiger partial charge in [-0.1, -0.05) is 6.07 Å². The van der Waals surface area contributed by atoms with Crippen molar-refractivity contribution >= 4 is 6.29 Å². The molecule has 0 aliphatic rings.